The highest BCUT2D eigenvalue weighted by atomic mass is 32.2. The monoisotopic (exact) mass is 374 g/mol. The summed E-state index contributed by atoms with van der Waals surface area (Å²) in [5, 5.41) is 3.42. The number of anilines is 1. The van der Waals surface area contributed by atoms with Gasteiger partial charge in [-0.2, -0.15) is 0 Å². The smallest absolute Gasteiger partial charge is 0.229 e. The lowest BCUT2D eigenvalue weighted by molar-refractivity contribution is -0.121. The normalized spacial score (nSPS) is 32.5. The van der Waals surface area contributed by atoms with Crippen LogP contribution in [-0.2, 0) is 21.3 Å². The van der Waals surface area contributed by atoms with Crippen LogP contribution in [0, 0.1) is 17.8 Å². The Morgan fingerprint density at radius 3 is 2.62 bits per heavy atom. The summed E-state index contributed by atoms with van der Waals surface area (Å²) >= 11 is 0. The quantitative estimate of drug-likeness (QED) is 0.827. The standard InChI is InChI=1S/C21H30N2O2S/c22-20-16-10-9-15(12-16)19(20)21(24)23-17-6-4-5-14(11-17)13-26(25)18-7-2-1-3-8-18/h4-6,11,15-16,18-20H,1-3,7-10,12-13,22H2,(H,23,24). The first kappa shape index (κ1) is 18.2. The Morgan fingerprint density at radius 2 is 1.88 bits per heavy atom. The highest BCUT2D eigenvalue weighted by Gasteiger charge is 2.49. The van der Waals surface area contributed by atoms with Crippen LogP contribution in [0.4, 0.5) is 5.69 Å². The van der Waals surface area contributed by atoms with Gasteiger partial charge in [0, 0.05) is 33.5 Å². The average molecular weight is 375 g/mol. The maximum Gasteiger partial charge on any atom is 0.229 e. The lowest BCUT2D eigenvalue weighted by atomic mass is 9.84. The lowest BCUT2D eigenvalue weighted by Crippen LogP contribution is -2.42. The predicted molar refractivity (Wildman–Crippen MR) is 106 cm³/mol. The molecule has 2 bridgehead atoms. The Hall–Kier alpha value is -1.20. The molecular formula is C21H30N2O2S. The summed E-state index contributed by atoms with van der Waals surface area (Å²) in [4.78, 5) is 12.7. The van der Waals surface area contributed by atoms with Crippen LogP contribution in [0.15, 0.2) is 24.3 Å². The van der Waals surface area contributed by atoms with Gasteiger partial charge in [-0.15, -0.1) is 0 Å². The first-order chi connectivity index (χ1) is 12.6. The summed E-state index contributed by atoms with van der Waals surface area (Å²) in [6, 6.07) is 7.88. The SMILES string of the molecule is NC1C2CCC(C2)C1C(=O)Nc1cccc(CS(=O)C2CCCCC2)c1. The van der Waals surface area contributed by atoms with Crippen molar-refractivity contribution in [1.82, 2.24) is 0 Å². The van der Waals surface area contributed by atoms with Crippen LogP contribution >= 0.6 is 0 Å². The molecule has 0 saturated heterocycles. The van der Waals surface area contributed by atoms with Gasteiger partial charge in [-0.05, 0) is 61.6 Å². The molecule has 0 aromatic heterocycles. The number of benzene rings is 1. The second kappa shape index (κ2) is 7.81. The summed E-state index contributed by atoms with van der Waals surface area (Å²) in [5.41, 5.74) is 8.15. The van der Waals surface area contributed by atoms with E-state index >= 15 is 0 Å². The van der Waals surface area contributed by atoms with Crippen LogP contribution in [0.25, 0.3) is 0 Å². The van der Waals surface area contributed by atoms with Crippen LogP contribution in [0.2, 0.25) is 0 Å². The highest BCUT2D eigenvalue weighted by Crippen LogP contribution is 2.47. The molecule has 0 spiro atoms. The van der Waals surface area contributed by atoms with Gasteiger partial charge in [0.15, 0.2) is 0 Å². The van der Waals surface area contributed by atoms with Gasteiger partial charge in [-0.3, -0.25) is 9.00 Å². The van der Waals surface area contributed by atoms with Crippen molar-refractivity contribution >= 4 is 22.4 Å². The van der Waals surface area contributed by atoms with Crippen LogP contribution in [0.1, 0.15) is 56.9 Å². The van der Waals surface area contributed by atoms with E-state index in [0.29, 0.717) is 22.8 Å². The predicted octanol–water partition coefficient (Wildman–Crippen LogP) is 3.58. The van der Waals surface area contributed by atoms with E-state index in [1.54, 1.807) is 0 Å². The van der Waals surface area contributed by atoms with Gasteiger partial charge in [0.25, 0.3) is 0 Å². The molecule has 0 radical (unpaired) electrons. The third-order valence-corrected chi connectivity index (χ3v) is 8.54. The van der Waals surface area contributed by atoms with Gasteiger partial charge in [-0.25, -0.2) is 0 Å². The highest BCUT2D eigenvalue weighted by molar-refractivity contribution is 7.84. The number of rotatable bonds is 5. The van der Waals surface area contributed by atoms with Gasteiger partial charge in [-0.1, -0.05) is 31.4 Å². The number of nitrogens with one attached hydrogen (secondary N) is 1. The Kier molecular flexibility index (Phi) is 5.46. The molecule has 0 heterocycles. The van der Waals surface area contributed by atoms with Crippen molar-refractivity contribution in [3.63, 3.8) is 0 Å². The van der Waals surface area contributed by atoms with E-state index in [4.69, 9.17) is 5.73 Å². The third-order valence-electron chi connectivity index (χ3n) is 6.71. The number of carbonyl (C=O) groups excluding carboxylic acids is 1. The lowest BCUT2D eigenvalue weighted by Gasteiger charge is -2.27. The Bertz CT molecular complexity index is 684. The number of nitrogens with two attached hydrogens (primary N) is 1. The maximum atomic E-state index is 12.7. The maximum absolute atomic E-state index is 12.7. The fourth-order valence-electron chi connectivity index (χ4n) is 5.30. The average Bonchev–Trinajstić information content (AvgIpc) is 3.24. The van der Waals surface area contributed by atoms with E-state index in [1.165, 1.54) is 25.7 Å². The summed E-state index contributed by atoms with van der Waals surface area (Å²) in [7, 11) is -0.820. The molecule has 4 rings (SSSR count). The number of hydrogen-bond donors (Lipinski definition) is 2. The molecule has 26 heavy (non-hydrogen) atoms. The number of fused-ring (bicyclic) bond motifs is 2. The topological polar surface area (TPSA) is 72.2 Å². The Balaban J connectivity index is 1.38. The Morgan fingerprint density at radius 1 is 1.12 bits per heavy atom. The first-order valence-corrected chi connectivity index (χ1v) is 11.5. The van der Waals surface area contributed by atoms with Gasteiger partial charge in [0.2, 0.25) is 5.91 Å². The number of hydrogen-bond acceptors (Lipinski definition) is 3. The fourth-order valence-corrected chi connectivity index (χ4v) is 6.90. The molecule has 3 aliphatic carbocycles. The van der Waals surface area contributed by atoms with Crippen molar-refractivity contribution in [2.75, 3.05) is 5.32 Å². The molecule has 1 aromatic rings. The zero-order valence-corrected chi connectivity index (χ0v) is 16.2. The molecule has 3 fully saturated rings. The minimum atomic E-state index is -0.820. The van der Waals surface area contributed by atoms with Crippen LogP contribution in [-0.4, -0.2) is 21.4 Å². The molecule has 5 atom stereocenters. The number of amides is 1. The molecule has 142 valence electrons. The van der Waals surface area contributed by atoms with Gasteiger partial charge < -0.3 is 11.1 Å². The molecule has 3 saturated carbocycles. The number of carbonyl (C=O) groups is 1. The van der Waals surface area contributed by atoms with Gasteiger partial charge >= 0.3 is 0 Å². The molecule has 1 aromatic carbocycles. The van der Waals surface area contributed by atoms with E-state index in [-0.39, 0.29) is 17.9 Å². The van der Waals surface area contributed by atoms with Crippen molar-refractivity contribution in [3.05, 3.63) is 29.8 Å². The fraction of sp³-hybridized carbons (Fsp3) is 0.667. The molecule has 4 nitrogen and oxygen atoms in total. The first-order valence-electron chi connectivity index (χ1n) is 10.1. The zero-order valence-electron chi connectivity index (χ0n) is 15.4. The third kappa shape index (κ3) is 3.74. The minimum Gasteiger partial charge on any atom is -0.327 e. The van der Waals surface area contributed by atoms with E-state index < -0.39 is 10.8 Å². The summed E-state index contributed by atoms with van der Waals surface area (Å²) < 4.78 is 12.6. The second-order valence-corrected chi connectivity index (χ2v) is 10.1. The van der Waals surface area contributed by atoms with E-state index in [0.717, 1.165) is 36.9 Å². The molecule has 5 heteroatoms. The molecule has 0 aliphatic heterocycles. The van der Waals surface area contributed by atoms with Crippen molar-refractivity contribution in [2.45, 2.75) is 68.4 Å². The van der Waals surface area contributed by atoms with Gasteiger partial charge in [0.1, 0.15) is 0 Å². The minimum absolute atomic E-state index is 0.00994. The van der Waals surface area contributed by atoms with E-state index in [2.05, 4.69) is 5.32 Å². The molecule has 3 N–H and O–H groups in total. The molecule has 5 unspecified atom stereocenters. The van der Waals surface area contributed by atoms with Crippen molar-refractivity contribution in [1.29, 1.82) is 0 Å². The van der Waals surface area contributed by atoms with Crippen LogP contribution in [0.5, 0.6) is 0 Å². The van der Waals surface area contributed by atoms with E-state index in [1.807, 2.05) is 24.3 Å². The summed E-state index contributed by atoms with van der Waals surface area (Å²) in [6.45, 7) is 0. The van der Waals surface area contributed by atoms with Gasteiger partial charge in [0.05, 0.1) is 5.92 Å². The summed E-state index contributed by atoms with van der Waals surface area (Å²) in [6.07, 6.45) is 9.29. The summed E-state index contributed by atoms with van der Waals surface area (Å²) in [5.74, 6) is 1.59. The van der Waals surface area contributed by atoms with Crippen molar-refractivity contribution in [3.8, 4) is 0 Å². The molecule has 3 aliphatic rings. The largest absolute Gasteiger partial charge is 0.327 e. The van der Waals surface area contributed by atoms with Crippen LogP contribution in [0.3, 0.4) is 0 Å². The zero-order chi connectivity index (χ0) is 18.1. The van der Waals surface area contributed by atoms with Crippen molar-refractivity contribution in [2.24, 2.45) is 23.5 Å². The molecular weight excluding hydrogens is 344 g/mol. The Labute approximate surface area is 158 Å². The second-order valence-electron chi connectivity index (χ2n) is 8.41. The van der Waals surface area contributed by atoms with Crippen molar-refractivity contribution < 1.29 is 9.00 Å². The van der Waals surface area contributed by atoms with E-state index in [9.17, 15) is 9.00 Å². The molecule has 1 amide bonds. The van der Waals surface area contributed by atoms with Crippen LogP contribution < -0.4 is 11.1 Å².